The summed E-state index contributed by atoms with van der Waals surface area (Å²) < 4.78 is 7.16. The lowest BCUT2D eigenvalue weighted by Gasteiger charge is -2.16. The van der Waals surface area contributed by atoms with E-state index < -0.39 is 0 Å². The van der Waals surface area contributed by atoms with Gasteiger partial charge in [-0.2, -0.15) is 0 Å². The van der Waals surface area contributed by atoms with Crippen LogP contribution in [0, 0.1) is 20.8 Å². The van der Waals surface area contributed by atoms with Crippen molar-refractivity contribution in [3.05, 3.63) is 70.9 Å². The van der Waals surface area contributed by atoms with Crippen molar-refractivity contribution in [3.63, 3.8) is 0 Å². The van der Waals surface area contributed by atoms with Gasteiger partial charge in [0.15, 0.2) is 0 Å². The fraction of sp³-hybridized carbons (Fsp3) is 0.263. The molecule has 0 bridgehead atoms. The fourth-order valence-corrected chi connectivity index (χ4v) is 2.97. The Bertz CT molecular complexity index is 862. The van der Waals surface area contributed by atoms with Gasteiger partial charge in [0.25, 0.3) is 5.91 Å². The minimum absolute atomic E-state index is 0.0223. The molecule has 3 rings (SSSR count). The predicted molar refractivity (Wildman–Crippen MR) is 92.3 cm³/mol. The van der Waals surface area contributed by atoms with E-state index in [1.54, 1.807) is 11.9 Å². The van der Waals surface area contributed by atoms with Gasteiger partial charge in [-0.1, -0.05) is 23.4 Å². The predicted octanol–water partition coefficient (Wildman–Crippen LogP) is 3.66. The van der Waals surface area contributed by atoms with Gasteiger partial charge in [0.05, 0.1) is 12.1 Å². The summed E-state index contributed by atoms with van der Waals surface area (Å²) in [5.74, 6) is 0.721. The van der Waals surface area contributed by atoms with Crippen LogP contribution in [-0.2, 0) is 6.54 Å². The number of carbonyl (C=O) groups excluding carboxylic acids is 1. The standard InChI is InChI=1S/C19H21N3O2/c1-13-10-18(15(3)22(13)17-8-6-5-7-9-17)19(23)21(4)12-16-11-14(2)24-20-16/h5-11H,12H2,1-4H3. The Hall–Kier alpha value is -2.82. The minimum atomic E-state index is -0.0223. The average molecular weight is 323 g/mol. The molecular weight excluding hydrogens is 302 g/mol. The van der Waals surface area contributed by atoms with E-state index in [-0.39, 0.29) is 5.91 Å². The number of amides is 1. The van der Waals surface area contributed by atoms with Crippen molar-refractivity contribution in [2.24, 2.45) is 0 Å². The molecule has 0 radical (unpaired) electrons. The van der Waals surface area contributed by atoms with Crippen LogP contribution in [0.4, 0.5) is 0 Å². The molecule has 1 amide bonds. The molecule has 0 fully saturated rings. The Morgan fingerprint density at radius 1 is 1.17 bits per heavy atom. The Morgan fingerprint density at radius 3 is 2.50 bits per heavy atom. The molecule has 0 aliphatic rings. The van der Waals surface area contributed by atoms with Crippen LogP contribution in [0.3, 0.4) is 0 Å². The number of nitrogens with zero attached hydrogens (tertiary/aromatic N) is 3. The van der Waals surface area contributed by atoms with Crippen molar-refractivity contribution in [2.75, 3.05) is 7.05 Å². The van der Waals surface area contributed by atoms with E-state index in [2.05, 4.69) is 9.72 Å². The van der Waals surface area contributed by atoms with E-state index >= 15 is 0 Å². The van der Waals surface area contributed by atoms with Gasteiger partial charge in [0.2, 0.25) is 0 Å². The van der Waals surface area contributed by atoms with E-state index in [1.165, 1.54) is 0 Å². The molecule has 0 unspecified atom stereocenters. The summed E-state index contributed by atoms with van der Waals surface area (Å²) in [6.07, 6.45) is 0. The van der Waals surface area contributed by atoms with Crippen LogP contribution in [0.15, 0.2) is 47.0 Å². The highest BCUT2D eigenvalue weighted by Crippen LogP contribution is 2.22. The second-order valence-electron chi connectivity index (χ2n) is 6.05. The maximum atomic E-state index is 12.8. The number of rotatable bonds is 4. The second kappa shape index (κ2) is 6.35. The largest absolute Gasteiger partial charge is 0.361 e. The molecule has 0 saturated heterocycles. The molecule has 3 aromatic rings. The molecule has 5 nitrogen and oxygen atoms in total. The van der Waals surface area contributed by atoms with Gasteiger partial charge in [-0.15, -0.1) is 0 Å². The monoisotopic (exact) mass is 323 g/mol. The summed E-state index contributed by atoms with van der Waals surface area (Å²) >= 11 is 0. The zero-order valence-corrected chi connectivity index (χ0v) is 14.4. The van der Waals surface area contributed by atoms with E-state index in [0.29, 0.717) is 12.1 Å². The summed E-state index contributed by atoms with van der Waals surface area (Å²) in [6, 6.07) is 13.8. The lowest BCUT2D eigenvalue weighted by molar-refractivity contribution is 0.0781. The molecule has 2 heterocycles. The summed E-state index contributed by atoms with van der Waals surface area (Å²) in [7, 11) is 1.78. The first-order valence-corrected chi connectivity index (χ1v) is 7.89. The number of aromatic nitrogens is 2. The number of hydrogen-bond donors (Lipinski definition) is 0. The fourth-order valence-electron chi connectivity index (χ4n) is 2.97. The van der Waals surface area contributed by atoms with Crippen LogP contribution >= 0.6 is 0 Å². The summed E-state index contributed by atoms with van der Waals surface area (Å²) in [6.45, 7) is 6.25. The minimum Gasteiger partial charge on any atom is -0.361 e. The van der Waals surface area contributed by atoms with Gasteiger partial charge in [-0.05, 0) is 39.0 Å². The molecular formula is C19H21N3O2. The maximum Gasteiger partial charge on any atom is 0.255 e. The van der Waals surface area contributed by atoms with Crippen LogP contribution in [0.2, 0.25) is 0 Å². The van der Waals surface area contributed by atoms with Gasteiger partial charge >= 0.3 is 0 Å². The topological polar surface area (TPSA) is 51.3 Å². The van der Waals surface area contributed by atoms with Crippen LogP contribution < -0.4 is 0 Å². The molecule has 1 aromatic carbocycles. The van der Waals surface area contributed by atoms with E-state index in [4.69, 9.17) is 4.52 Å². The zero-order chi connectivity index (χ0) is 17.3. The van der Waals surface area contributed by atoms with Crippen LogP contribution in [-0.4, -0.2) is 27.6 Å². The molecule has 0 saturated carbocycles. The van der Waals surface area contributed by atoms with Gasteiger partial charge in [-0.3, -0.25) is 4.79 Å². The lowest BCUT2D eigenvalue weighted by Crippen LogP contribution is -2.26. The Kier molecular flexibility index (Phi) is 4.25. The van der Waals surface area contributed by atoms with Gasteiger partial charge in [-0.25, -0.2) is 0 Å². The Balaban J connectivity index is 1.88. The zero-order valence-electron chi connectivity index (χ0n) is 14.4. The third kappa shape index (κ3) is 2.97. The first kappa shape index (κ1) is 16.1. The van der Waals surface area contributed by atoms with Gasteiger partial charge in [0, 0.05) is 30.2 Å². The number of para-hydroxylation sites is 1. The quantitative estimate of drug-likeness (QED) is 0.736. The van der Waals surface area contributed by atoms with Crippen LogP contribution in [0.25, 0.3) is 5.69 Å². The van der Waals surface area contributed by atoms with E-state index in [0.717, 1.165) is 28.5 Å². The van der Waals surface area contributed by atoms with Gasteiger partial charge in [0.1, 0.15) is 11.5 Å². The molecule has 0 aliphatic carbocycles. The summed E-state index contributed by atoms with van der Waals surface area (Å²) in [4.78, 5) is 14.5. The second-order valence-corrected chi connectivity index (χ2v) is 6.05. The van der Waals surface area contributed by atoms with Gasteiger partial charge < -0.3 is 14.0 Å². The molecule has 5 heteroatoms. The number of benzene rings is 1. The first-order chi connectivity index (χ1) is 11.5. The smallest absolute Gasteiger partial charge is 0.255 e. The van der Waals surface area contributed by atoms with Crippen molar-refractivity contribution >= 4 is 5.91 Å². The SMILES string of the molecule is Cc1cc(CN(C)C(=O)c2cc(C)n(-c3ccccc3)c2C)no1. The van der Waals surface area contributed by atoms with E-state index in [9.17, 15) is 4.79 Å². The lowest BCUT2D eigenvalue weighted by atomic mass is 10.2. The molecule has 0 aliphatic heterocycles. The van der Waals surface area contributed by atoms with Crippen molar-refractivity contribution in [1.29, 1.82) is 0 Å². The first-order valence-electron chi connectivity index (χ1n) is 7.89. The normalized spacial score (nSPS) is 10.8. The number of hydrogen-bond acceptors (Lipinski definition) is 3. The molecule has 0 spiro atoms. The van der Waals surface area contributed by atoms with Crippen molar-refractivity contribution in [2.45, 2.75) is 27.3 Å². The highest BCUT2D eigenvalue weighted by atomic mass is 16.5. The maximum absolute atomic E-state index is 12.8. The number of aryl methyl sites for hydroxylation is 2. The Morgan fingerprint density at radius 2 is 1.88 bits per heavy atom. The van der Waals surface area contributed by atoms with Crippen molar-refractivity contribution in [1.82, 2.24) is 14.6 Å². The highest BCUT2D eigenvalue weighted by Gasteiger charge is 2.20. The van der Waals surface area contributed by atoms with Crippen molar-refractivity contribution < 1.29 is 9.32 Å². The molecule has 0 atom stereocenters. The van der Waals surface area contributed by atoms with Crippen LogP contribution in [0.1, 0.15) is 33.2 Å². The third-order valence-corrected chi connectivity index (χ3v) is 4.10. The molecule has 24 heavy (non-hydrogen) atoms. The summed E-state index contributed by atoms with van der Waals surface area (Å²) in [5.41, 5.74) is 4.49. The average Bonchev–Trinajstić information content (AvgIpc) is 3.10. The molecule has 0 N–H and O–H groups in total. The summed E-state index contributed by atoms with van der Waals surface area (Å²) in [5, 5.41) is 3.95. The van der Waals surface area contributed by atoms with E-state index in [1.807, 2.05) is 63.2 Å². The third-order valence-electron chi connectivity index (χ3n) is 4.10. The van der Waals surface area contributed by atoms with Crippen molar-refractivity contribution in [3.8, 4) is 5.69 Å². The molecule has 2 aromatic heterocycles. The highest BCUT2D eigenvalue weighted by molar-refractivity contribution is 5.95. The molecule has 124 valence electrons. The Labute approximate surface area is 141 Å². The number of carbonyl (C=O) groups is 1. The van der Waals surface area contributed by atoms with Crippen LogP contribution in [0.5, 0.6) is 0 Å².